The zero-order valence-electron chi connectivity index (χ0n) is 22.9. The highest BCUT2D eigenvalue weighted by Crippen LogP contribution is 2.14. The molecule has 0 spiro atoms. The van der Waals surface area contributed by atoms with Crippen LogP contribution < -0.4 is 0 Å². The average Bonchev–Trinajstić information content (AvgIpc) is 2.78. The fourth-order valence-corrected chi connectivity index (χ4v) is 4.36. The first-order chi connectivity index (χ1) is 16.2. The molecule has 0 aromatic carbocycles. The molecule has 0 fully saturated rings. The van der Waals surface area contributed by atoms with Gasteiger partial charge in [0.25, 0.3) is 0 Å². The van der Waals surface area contributed by atoms with Gasteiger partial charge in [-0.2, -0.15) is 0 Å². The van der Waals surface area contributed by atoms with Crippen molar-refractivity contribution in [1.29, 1.82) is 0 Å². The summed E-state index contributed by atoms with van der Waals surface area (Å²) >= 11 is 0. The largest absolute Gasteiger partial charge is 0.369 e. The van der Waals surface area contributed by atoms with Gasteiger partial charge in [-0.15, -0.1) is 5.06 Å². The van der Waals surface area contributed by atoms with E-state index in [0.29, 0.717) is 6.42 Å². The van der Waals surface area contributed by atoms with Gasteiger partial charge in [0.15, 0.2) is 0 Å². The van der Waals surface area contributed by atoms with Crippen LogP contribution in [0.25, 0.3) is 0 Å². The highest BCUT2D eigenvalue weighted by Gasteiger charge is 2.03. The summed E-state index contributed by atoms with van der Waals surface area (Å²) in [5, 5.41) is 1.47. The van der Waals surface area contributed by atoms with Gasteiger partial charge in [-0.1, -0.05) is 135 Å². The maximum Gasteiger partial charge on any atom is 0.325 e. The number of hydrogen-bond acceptors (Lipinski definition) is 3. The molecule has 0 radical (unpaired) electrons. The minimum atomic E-state index is -0.110. The van der Waals surface area contributed by atoms with E-state index in [1.54, 1.807) is 14.1 Å². The maximum atomic E-state index is 11.4. The normalized spacial score (nSPS) is 11.6. The number of hydroxylamine groups is 2. The van der Waals surface area contributed by atoms with E-state index in [-0.39, 0.29) is 5.97 Å². The van der Waals surface area contributed by atoms with Crippen LogP contribution in [0, 0.1) is 0 Å². The summed E-state index contributed by atoms with van der Waals surface area (Å²) in [5.41, 5.74) is 0. The molecule has 0 saturated heterocycles. The lowest BCUT2D eigenvalue weighted by atomic mass is 10.0. The summed E-state index contributed by atoms with van der Waals surface area (Å²) in [6.45, 7) is 2.29. The van der Waals surface area contributed by atoms with Crippen LogP contribution in [0.1, 0.15) is 161 Å². The minimum Gasteiger partial charge on any atom is -0.369 e. The SMILES string of the molecule is CCCCCCCCCCCCCCCCC=CCCCCCCCCCC(=O)ON(C)C. The van der Waals surface area contributed by atoms with E-state index in [0.717, 1.165) is 12.8 Å². The zero-order valence-corrected chi connectivity index (χ0v) is 22.9. The molecule has 0 aliphatic rings. The lowest BCUT2D eigenvalue weighted by Crippen LogP contribution is -2.18. The van der Waals surface area contributed by atoms with Crippen LogP contribution in [-0.4, -0.2) is 25.1 Å². The molecule has 0 heterocycles. The first-order valence-corrected chi connectivity index (χ1v) is 14.7. The third-order valence-electron chi connectivity index (χ3n) is 6.43. The molecule has 0 rings (SSSR count). The van der Waals surface area contributed by atoms with Crippen molar-refractivity contribution in [3.8, 4) is 0 Å². The highest BCUT2D eigenvalue weighted by atomic mass is 16.7. The summed E-state index contributed by atoms with van der Waals surface area (Å²) in [5.74, 6) is -0.110. The van der Waals surface area contributed by atoms with Crippen molar-refractivity contribution in [1.82, 2.24) is 5.06 Å². The third-order valence-corrected chi connectivity index (χ3v) is 6.43. The molecule has 3 heteroatoms. The molecule has 0 saturated carbocycles. The van der Waals surface area contributed by atoms with Crippen LogP contribution >= 0.6 is 0 Å². The van der Waals surface area contributed by atoms with Crippen LogP contribution in [-0.2, 0) is 9.63 Å². The van der Waals surface area contributed by atoms with Gasteiger partial charge in [-0.25, -0.2) is 0 Å². The Morgan fingerprint density at radius 2 is 0.879 bits per heavy atom. The van der Waals surface area contributed by atoms with Crippen LogP contribution in [0.15, 0.2) is 12.2 Å². The molecule has 0 aromatic rings. The summed E-state index contributed by atoms with van der Waals surface area (Å²) in [6, 6.07) is 0. The molecule has 0 amide bonds. The Bertz CT molecular complexity index is 420. The van der Waals surface area contributed by atoms with E-state index in [1.807, 2.05) is 0 Å². The lowest BCUT2D eigenvalue weighted by Gasteiger charge is -2.09. The van der Waals surface area contributed by atoms with E-state index in [4.69, 9.17) is 4.84 Å². The second-order valence-corrected chi connectivity index (χ2v) is 10.1. The molecule has 3 nitrogen and oxygen atoms in total. The fraction of sp³-hybridized carbons (Fsp3) is 0.900. The molecule has 33 heavy (non-hydrogen) atoms. The van der Waals surface area contributed by atoms with E-state index in [2.05, 4.69) is 19.1 Å². The van der Waals surface area contributed by atoms with Gasteiger partial charge in [-0.05, 0) is 32.1 Å². The lowest BCUT2D eigenvalue weighted by molar-refractivity contribution is -0.178. The topological polar surface area (TPSA) is 29.5 Å². The number of nitrogens with zero attached hydrogens (tertiary/aromatic N) is 1. The Hall–Kier alpha value is -0.830. The van der Waals surface area contributed by atoms with Gasteiger partial charge in [0.1, 0.15) is 0 Å². The van der Waals surface area contributed by atoms with Crippen LogP contribution in [0.4, 0.5) is 0 Å². The van der Waals surface area contributed by atoms with Crippen molar-refractivity contribution in [2.45, 2.75) is 161 Å². The van der Waals surface area contributed by atoms with Crippen LogP contribution in [0.5, 0.6) is 0 Å². The number of rotatable bonds is 26. The number of hydrogen-bond donors (Lipinski definition) is 0. The monoisotopic (exact) mass is 465 g/mol. The number of carbonyl (C=O) groups excluding carboxylic acids is 1. The zero-order chi connectivity index (χ0) is 24.2. The molecular weight excluding hydrogens is 406 g/mol. The van der Waals surface area contributed by atoms with Crippen molar-refractivity contribution >= 4 is 5.97 Å². The van der Waals surface area contributed by atoms with Gasteiger partial charge in [0, 0.05) is 20.5 Å². The highest BCUT2D eigenvalue weighted by molar-refractivity contribution is 5.68. The first kappa shape index (κ1) is 32.2. The van der Waals surface area contributed by atoms with E-state index >= 15 is 0 Å². The Kier molecular flexibility index (Phi) is 26.7. The summed E-state index contributed by atoms with van der Waals surface area (Å²) in [4.78, 5) is 16.4. The Balaban J connectivity index is 3.14. The molecule has 0 aromatic heterocycles. The smallest absolute Gasteiger partial charge is 0.325 e. The molecule has 196 valence electrons. The summed E-state index contributed by atoms with van der Waals surface area (Å²) in [6.07, 6.45) is 36.6. The number of unbranched alkanes of at least 4 members (excludes halogenated alkanes) is 21. The molecule has 0 bridgehead atoms. The number of allylic oxidation sites excluding steroid dienone is 2. The molecule has 0 N–H and O–H groups in total. The minimum absolute atomic E-state index is 0.110. The Morgan fingerprint density at radius 3 is 1.24 bits per heavy atom. The van der Waals surface area contributed by atoms with Crippen molar-refractivity contribution in [2.75, 3.05) is 14.1 Å². The van der Waals surface area contributed by atoms with Gasteiger partial charge >= 0.3 is 5.97 Å². The molecule has 0 aliphatic carbocycles. The first-order valence-electron chi connectivity index (χ1n) is 14.7. The summed E-state index contributed by atoms with van der Waals surface area (Å²) in [7, 11) is 3.49. The van der Waals surface area contributed by atoms with Gasteiger partial charge < -0.3 is 4.84 Å². The summed E-state index contributed by atoms with van der Waals surface area (Å²) < 4.78 is 0. The standard InChI is InChI=1S/C30H59NO2/c1-4-5-6-7-8-9-10-11-12-13-14-15-16-17-18-19-20-21-22-23-24-25-26-27-28-29-30(32)33-31(2)3/h19-20H,4-18,21-29H2,1-3H3. The van der Waals surface area contributed by atoms with Crippen molar-refractivity contribution < 1.29 is 9.63 Å². The maximum absolute atomic E-state index is 11.4. The Labute approximate surface area is 208 Å². The van der Waals surface area contributed by atoms with Crippen molar-refractivity contribution in [3.63, 3.8) is 0 Å². The molecular formula is C30H59NO2. The average molecular weight is 466 g/mol. The van der Waals surface area contributed by atoms with Gasteiger partial charge in [-0.3, -0.25) is 4.79 Å². The second-order valence-electron chi connectivity index (χ2n) is 10.1. The van der Waals surface area contributed by atoms with Crippen molar-refractivity contribution in [2.24, 2.45) is 0 Å². The van der Waals surface area contributed by atoms with Gasteiger partial charge in [0.05, 0.1) is 0 Å². The van der Waals surface area contributed by atoms with Crippen LogP contribution in [0.3, 0.4) is 0 Å². The van der Waals surface area contributed by atoms with E-state index in [9.17, 15) is 4.79 Å². The van der Waals surface area contributed by atoms with Crippen LogP contribution in [0.2, 0.25) is 0 Å². The van der Waals surface area contributed by atoms with Crippen molar-refractivity contribution in [3.05, 3.63) is 12.2 Å². The van der Waals surface area contributed by atoms with E-state index < -0.39 is 0 Å². The molecule has 0 unspecified atom stereocenters. The fourth-order valence-electron chi connectivity index (χ4n) is 4.36. The Morgan fingerprint density at radius 1 is 0.545 bits per heavy atom. The quantitative estimate of drug-likeness (QED) is 0.0723. The molecule has 0 atom stereocenters. The third kappa shape index (κ3) is 29.1. The number of carbonyl (C=O) groups is 1. The van der Waals surface area contributed by atoms with E-state index in [1.165, 1.54) is 140 Å². The predicted octanol–water partition coefficient (Wildman–Crippen LogP) is 9.94. The predicted molar refractivity (Wildman–Crippen MR) is 145 cm³/mol. The second kappa shape index (κ2) is 27.4. The van der Waals surface area contributed by atoms with Gasteiger partial charge in [0.2, 0.25) is 0 Å². The molecule has 0 aliphatic heterocycles.